The van der Waals surface area contributed by atoms with Gasteiger partial charge in [-0.1, -0.05) is 12.1 Å². The summed E-state index contributed by atoms with van der Waals surface area (Å²) < 4.78 is 2.07. The van der Waals surface area contributed by atoms with Crippen molar-refractivity contribution < 1.29 is 24.4 Å². The van der Waals surface area contributed by atoms with Crippen molar-refractivity contribution in [3.63, 3.8) is 0 Å². The van der Waals surface area contributed by atoms with Crippen molar-refractivity contribution >= 4 is 28.4 Å². The van der Waals surface area contributed by atoms with Gasteiger partial charge >= 0.3 is 0 Å². The third kappa shape index (κ3) is 4.48. The Hall–Kier alpha value is -4.39. The molecule has 1 aliphatic rings. The average Bonchev–Trinajstić information content (AvgIpc) is 2.88. The van der Waals surface area contributed by atoms with Gasteiger partial charge in [0.25, 0.3) is 11.8 Å². The molecular formula is C30H30N3O4+. The molecule has 1 atom stereocenters. The number of aryl methyl sites for hydroxylation is 2. The largest absolute Gasteiger partial charge is 0.508 e. The maximum absolute atomic E-state index is 13.4. The van der Waals surface area contributed by atoms with E-state index in [1.54, 1.807) is 22.9 Å². The highest BCUT2D eigenvalue weighted by Gasteiger charge is 2.31. The number of hydrogen-bond donors (Lipinski definition) is 2. The highest BCUT2D eigenvalue weighted by Crippen LogP contribution is 2.35. The molecule has 4 aromatic rings. The fraction of sp³-hybridized carbons (Fsp3) is 0.233. The third-order valence-electron chi connectivity index (χ3n) is 7.17. The van der Waals surface area contributed by atoms with Gasteiger partial charge in [0.1, 0.15) is 18.5 Å². The molecule has 0 saturated carbocycles. The Labute approximate surface area is 215 Å². The summed E-state index contributed by atoms with van der Waals surface area (Å²) in [6.45, 7) is 2.44. The Morgan fingerprint density at radius 2 is 1.86 bits per heavy atom. The first-order chi connectivity index (χ1) is 17.7. The van der Waals surface area contributed by atoms with Crippen molar-refractivity contribution in [3.05, 3.63) is 95.2 Å². The van der Waals surface area contributed by atoms with E-state index in [0.717, 1.165) is 46.6 Å². The number of amides is 2. The van der Waals surface area contributed by atoms with Gasteiger partial charge in [-0.25, -0.2) is 4.57 Å². The predicted molar refractivity (Wildman–Crippen MR) is 142 cm³/mol. The van der Waals surface area contributed by atoms with Crippen LogP contribution in [0.4, 0.5) is 5.69 Å². The summed E-state index contributed by atoms with van der Waals surface area (Å²) in [5.41, 5.74) is 4.52. The van der Waals surface area contributed by atoms with Gasteiger partial charge in [0.05, 0.1) is 10.9 Å². The minimum atomic E-state index is -0.341. The normalized spacial score (nSPS) is 14.9. The smallest absolute Gasteiger partial charge is 0.262 e. The summed E-state index contributed by atoms with van der Waals surface area (Å²) in [4.78, 5) is 30.2. The molecule has 37 heavy (non-hydrogen) atoms. The Bertz CT molecular complexity index is 1530. The van der Waals surface area contributed by atoms with E-state index < -0.39 is 0 Å². The first kappa shape index (κ1) is 24.3. The quantitative estimate of drug-likeness (QED) is 0.412. The van der Waals surface area contributed by atoms with E-state index in [1.165, 1.54) is 12.1 Å². The van der Waals surface area contributed by atoms with Crippen LogP contribution in [0.1, 0.15) is 45.2 Å². The van der Waals surface area contributed by atoms with Gasteiger partial charge in [0.2, 0.25) is 5.52 Å². The molecule has 1 aliphatic heterocycles. The number of fused-ring (bicyclic) bond motifs is 2. The maximum Gasteiger partial charge on any atom is 0.262 e. The number of hydrogen-bond acceptors (Lipinski definition) is 4. The topological polar surface area (TPSA) is 85.0 Å². The van der Waals surface area contributed by atoms with E-state index in [4.69, 9.17) is 0 Å². The number of nitrogens with zero attached hydrogens (tertiary/aromatic N) is 3. The minimum Gasteiger partial charge on any atom is -0.508 e. The van der Waals surface area contributed by atoms with Gasteiger partial charge in [0.15, 0.2) is 6.20 Å². The summed E-state index contributed by atoms with van der Waals surface area (Å²) >= 11 is 0. The Morgan fingerprint density at radius 1 is 1.05 bits per heavy atom. The van der Waals surface area contributed by atoms with Crippen LogP contribution in [0.2, 0.25) is 0 Å². The van der Waals surface area contributed by atoms with Crippen molar-refractivity contribution in [2.24, 2.45) is 7.05 Å². The number of benzene rings is 3. The number of aromatic nitrogens is 1. The summed E-state index contributed by atoms with van der Waals surface area (Å²) in [7, 11) is 3.81. The number of aromatic hydroxyl groups is 2. The molecule has 1 unspecified atom stereocenters. The van der Waals surface area contributed by atoms with E-state index in [1.807, 2.05) is 50.5 Å². The fourth-order valence-electron chi connectivity index (χ4n) is 5.16. The highest BCUT2D eigenvalue weighted by atomic mass is 16.3. The molecule has 188 valence electrons. The molecule has 2 N–H and O–H groups in total. The highest BCUT2D eigenvalue weighted by molar-refractivity contribution is 6.09. The van der Waals surface area contributed by atoms with Crippen molar-refractivity contribution in [1.29, 1.82) is 0 Å². The Balaban J connectivity index is 1.41. The number of carbonyl (C=O) groups excluding carboxylic acids is 2. The van der Waals surface area contributed by atoms with Crippen LogP contribution in [-0.2, 0) is 20.0 Å². The molecule has 7 heteroatoms. The van der Waals surface area contributed by atoms with Crippen molar-refractivity contribution in [1.82, 2.24) is 4.90 Å². The Morgan fingerprint density at radius 3 is 2.65 bits per heavy atom. The molecule has 7 nitrogen and oxygen atoms in total. The van der Waals surface area contributed by atoms with Gasteiger partial charge in [-0.15, -0.1) is 0 Å². The Kier molecular flexibility index (Phi) is 6.29. The molecule has 0 bridgehead atoms. The van der Waals surface area contributed by atoms with Gasteiger partial charge in [0, 0.05) is 49.1 Å². The second-order valence-corrected chi connectivity index (χ2v) is 9.74. The zero-order valence-electron chi connectivity index (χ0n) is 21.2. The second kappa shape index (κ2) is 9.58. The first-order valence-corrected chi connectivity index (χ1v) is 12.3. The van der Waals surface area contributed by atoms with Gasteiger partial charge in [-0.2, -0.15) is 0 Å². The average molecular weight is 497 g/mol. The maximum atomic E-state index is 13.4. The summed E-state index contributed by atoms with van der Waals surface area (Å²) in [5, 5.41) is 21.0. The lowest BCUT2D eigenvalue weighted by molar-refractivity contribution is -0.644. The molecule has 3 aromatic carbocycles. The van der Waals surface area contributed by atoms with E-state index in [-0.39, 0.29) is 34.9 Å². The fourth-order valence-corrected chi connectivity index (χ4v) is 5.16. The van der Waals surface area contributed by atoms with Crippen LogP contribution >= 0.6 is 0 Å². The summed E-state index contributed by atoms with van der Waals surface area (Å²) in [6, 6.07) is 19.5. The number of phenolic OH excluding ortho intramolecular Hbond substituents is 2. The third-order valence-corrected chi connectivity index (χ3v) is 7.17. The second-order valence-electron chi connectivity index (χ2n) is 9.74. The van der Waals surface area contributed by atoms with E-state index >= 15 is 0 Å². The lowest BCUT2D eigenvalue weighted by atomic mass is 9.93. The van der Waals surface area contributed by atoms with Gasteiger partial charge in [-0.3, -0.25) is 9.59 Å². The summed E-state index contributed by atoms with van der Waals surface area (Å²) in [6.07, 6.45) is 3.48. The van der Waals surface area contributed by atoms with Crippen LogP contribution < -0.4 is 9.47 Å². The number of pyridine rings is 1. The van der Waals surface area contributed by atoms with Crippen LogP contribution in [-0.4, -0.2) is 40.0 Å². The van der Waals surface area contributed by atoms with E-state index in [2.05, 4.69) is 16.7 Å². The molecule has 5 rings (SSSR count). The summed E-state index contributed by atoms with van der Waals surface area (Å²) in [5.74, 6) is -0.801. The van der Waals surface area contributed by atoms with E-state index in [0.29, 0.717) is 12.1 Å². The molecular weight excluding hydrogens is 466 g/mol. The molecule has 1 aromatic heterocycles. The number of rotatable bonds is 4. The van der Waals surface area contributed by atoms with Crippen LogP contribution in [0.3, 0.4) is 0 Å². The minimum absolute atomic E-state index is 0.0786. The van der Waals surface area contributed by atoms with Crippen molar-refractivity contribution in [2.75, 3.05) is 11.9 Å². The van der Waals surface area contributed by atoms with E-state index in [9.17, 15) is 19.8 Å². The van der Waals surface area contributed by atoms with Gasteiger partial charge < -0.3 is 20.0 Å². The SMILES string of the molecule is CC1CCc2cc(C(=O)N(C)Cc3cccc4c3ccc[n+]4C)ccc2N1C(=O)c1ccc(O)cc1O. The zero-order chi connectivity index (χ0) is 26.3. The lowest BCUT2D eigenvalue weighted by Gasteiger charge is -2.36. The van der Waals surface area contributed by atoms with Crippen LogP contribution in [0, 0.1) is 0 Å². The van der Waals surface area contributed by atoms with Crippen LogP contribution in [0.25, 0.3) is 10.9 Å². The monoisotopic (exact) mass is 496 g/mol. The first-order valence-electron chi connectivity index (χ1n) is 12.3. The zero-order valence-corrected chi connectivity index (χ0v) is 21.2. The standard InChI is InChI=1S/C30H29N3O4/c1-19-9-10-20-16-21(11-14-26(20)33(19)30(37)25-13-12-23(34)17-28(25)35)29(36)32(3)18-22-6-4-8-27-24(22)7-5-15-31(27)2/h4-8,11-17,19H,9-10,18H2,1-3H3,(H-,34,35,37)/p+1. The van der Waals surface area contributed by atoms with Gasteiger partial charge in [-0.05, 0) is 67.3 Å². The lowest BCUT2D eigenvalue weighted by Crippen LogP contribution is -2.42. The van der Waals surface area contributed by atoms with Crippen molar-refractivity contribution in [2.45, 2.75) is 32.4 Å². The number of anilines is 1. The van der Waals surface area contributed by atoms with Crippen LogP contribution in [0.15, 0.2) is 72.9 Å². The molecule has 2 heterocycles. The number of carbonyl (C=O) groups is 2. The molecule has 0 spiro atoms. The van der Waals surface area contributed by atoms with Crippen molar-refractivity contribution in [3.8, 4) is 11.5 Å². The molecule has 0 radical (unpaired) electrons. The molecule has 0 saturated heterocycles. The number of phenols is 2. The van der Waals surface area contributed by atoms with Crippen LogP contribution in [0.5, 0.6) is 11.5 Å². The molecule has 0 fully saturated rings. The molecule has 2 amide bonds. The predicted octanol–water partition coefficient (Wildman–Crippen LogP) is 4.33. The molecule has 0 aliphatic carbocycles.